The van der Waals surface area contributed by atoms with Crippen LogP contribution in [0.15, 0.2) is 36.1 Å². The van der Waals surface area contributed by atoms with Crippen LogP contribution in [0.3, 0.4) is 0 Å². The topological polar surface area (TPSA) is 93.1 Å². The van der Waals surface area contributed by atoms with Crippen molar-refractivity contribution < 1.29 is 29.3 Å². The molecule has 20 heavy (non-hydrogen) atoms. The highest BCUT2D eigenvalue weighted by Crippen LogP contribution is 2.52. The fraction of sp³-hybridized carbons (Fsp3) is 0.286. The number of fused-ring (bicyclic) bond motifs is 3. The summed E-state index contributed by atoms with van der Waals surface area (Å²) in [6.07, 6.45) is 0.881. The molecule has 0 saturated heterocycles. The van der Waals surface area contributed by atoms with Crippen LogP contribution in [0, 0.1) is 0 Å². The van der Waals surface area contributed by atoms with E-state index in [1.54, 1.807) is 19.1 Å². The molecule has 6 heteroatoms. The Morgan fingerprint density at radius 3 is 2.75 bits per heavy atom. The van der Waals surface area contributed by atoms with Crippen molar-refractivity contribution in [2.75, 3.05) is 6.61 Å². The zero-order chi connectivity index (χ0) is 14.5. The summed E-state index contributed by atoms with van der Waals surface area (Å²) >= 11 is 0. The van der Waals surface area contributed by atoms with Gasteiger partial charge < -0.3 is 19.7 Å². The Hall–Kier alpha value is -2.18. The van der Waals surface area contributed by atoms with Crippen molar-refractivity contribution in [2.45, 2.75) is 18.3 Å². The smallest absolute Gasteiger partial charge is 0.340 e. The molecule has 0 fully saturated rings. The van der Waals surface area contributed by atoms with Crippen LogP contribution in [0.2, 0.25) is 0 Å². The van der Waals surface area contributed by atoms with Gasteiger partial charge in [-0.25, -0.2) is 4.79 Å². The van der Waals surface area contributed by atoms with Crippen molar-refractivity contribution in [3.8, 4) is 0 Å². The molecule has 1 aliphatic heterocycles. The van der Waals surface area contributed by atoms with Crippen LogP contribution in [0.25, 0.3) is 0 Å². The highest BCUT2D eigenvalue weighted by atomic mass is 16.6. The standard InChI is InChI=1S/C14H12O6/c1-2-19-12(16)10-7-20-14(18)9-6-4-3-5-8(9)11(15)13(10,14)17/h3-7,17-18H,2H2,1H3. The number of Topliss-reactive ketones (excluding diaryl/α,β-unsaturated/α-hetero) is 1. The van der Waals surface area contributed by atoms with Gasteiger partial charge in [0.15, 0.2) is 0 Å². The lowest BCUT2D eigenvalue weighted by atomic mass is 9.87. The predicted molar refractivity (Wildman–Crippen MR) is 65.4 cm³/mol. The molecule has 2 N–H and O–H groups in total. The minimum atomic E-state index is -2.47. The van der Waals surface area contributed by atoms with Gasteiger partial charge in [-0.2, -0.15) is 0 Å². The predicted octanol–water partition coefficient (Wildman–Crippen LogP) is 0.236. The van der Waals surface area contributed by atoms with E-state index in [1.807, 2.05) is 0 Å². The zero-order valence-electron chi connectivity index (χ0n) is 10.6. The third kappa shape index (κ3) is 1.25. The fourth-order valence-electron chi connectivity index (χ4n) is 2.61. The van der Waals surface area contributed by atoms with Gasteiger partial charge in [0.05, 0.1) is 6.61 Å². The summed E-state index contributed by atoms with van der Waals surface area (Å²) in [7, 11) is 0. The van der Waals surface area contributed by atoms with E-state index in [0.29, 0.717) is 0 Å². The van der Waals surface area contributed by atoms with Gasteiger partial charge in [0, 0.05) is 11.1 Å². The molecule has 0 radical (unpaired) electrons. The third-order valence-electron chi connectivity index (χ3n) is 3.59. The van der Waals surface area contributed by atoms with Gasteiger partial charge in [-0.15, -0.1) is 0 Å². The summed E-state index contributed by atoms with van der Waals surface area (Å²) in [5.74, 6) is -3.97. The van der Waals surface area contributed by atoms with Crippen molar-refractivity contribution in [1.82, 2.24) is 0 Å². The Kier molecular flexibility index (Phi) is 2.51. The fourth-order valence-corrected chi connectivity index (χ4v) is 2.61. The van der Waals surface area contributed by atoms with Gasteiger partial charge >= 0.3 is 5.97 Å². The number of ether oxygens (including phenoxy) is 2. The summed E-state index contributed by atoms with van der Waals surface area (Å²) in [6.45, 7) is 1.67. The molecule has 0 saturated carbocycles. The maximum Gasteiger partial charge on any atom is 0.340 e. The van der Waals surface area contributed by atoms with Crippen molar-refractivity contribution >= 4 is 11.8 Å². The molecule has 1 aromatic carbocycles. The Labute approximate surface area is 114 Å². The van der Waals surface area contributed by atoms with Crippen molar-refractivity contribution in [1.29, 1.82) is 0 Å². The third-order valence-corrected chi connectivity index (χ3v) is 3.59. The average molecular weight is 276 g/mol. The van der Waals surface area contributed by atoms with Gasteiger partial charge in [0.1, 0.15) is 11.8 Å². The van der Waals surface area contributed by atoms with E-state index < -0.39 is 28.7 Å². The summed E-state index contributed by atoms with van der Waals surface area (Å²) in [5, 5.41) is 21.2. The number of carbonyl (C=O) groups is 2. The van der Waals surface area contributed by atoms with Gasteiger partial charge in [-0.3, -0.25) is 4.79 Å². The second kappa shape index (κ2) is 3.91. The van der Waals surface area contributed by atoms with Gasteiger partial charge in [0.2, 0.25) is 11.4 Å². The van der Waals surface area contributed by atoms with E-state index in [9.17, 15) is 19.8 Å². The van der Waals surface area contributed by atoms with E-state index in [2.05, 4.69) is 0 Å². The van der Waals surface area contributed by atoms with E-state index in [1.165, 1.54) is 12.1 Å². The Morgan fingerprint density at radius 2 is 2.05 bits per heavy atom. The van der Waals surface area contributed by atoms with E-state index >= 15 is 0 Å². The molecule has 1 aliphatic carbocycles. The molecule has 1 heterocycles. The quantitative estimate of drug-likeness (QED) is 0.751. The molecule has 0 bridgehead atoms. The number of ketones is 1. The van der Waals surface area contributed by atoms with Gasteiger partial charge in [-0.1, -0.05) is 24.3 Å². The van der Waals surface area contributed by atoms with Crippen LogP contribution in [-0.4, -0.2) is 34.2 Å². The lowest BCUT2D eigenvalue weighted by Gasteiger charge is -2.29. The average Bonchev–Trinajstić information content (AvgIpc) is 2.80. The number of rotatable bonds is 2. The first kappa shape index (κ1) is 12.8. The van der Waals surface area contributed by atoms with E-state index in [-0.39, 0.29) is 17.7 Å². The van der Waals surface area contributed by atoms with Crippen molar-refractivity contribution in [3.63, 3.8) is 0 Å². The summed E-state index contributed by atoms with van der Waals surface area (Å²) in [4.78, 5) is 24.2. The van der Waals surface area contributed by atoms with E-state index in [4.69, 9.17) is 9.47 Å². The normalized spacial score (nSPS) is 30.4. The highest BCUT2D eigenvalue weighted by Gasteiger charge is 2.71. The zero-order valence-corrected chi connectivity index (χ0v) is 10.6. The number of hydrogen-bond donors (Lipinski definition) is 2. The molecule has 1 aromatic rings. The lowest BCUT2D eigenvalue weighted by Crippen LogP contribution is -2.52. The molecular weight excluding hydrogens is 264 g/mol. The maximum atomic E-state index is 12.4. The number of esters is 1. The summed E-state index contributed by atoms with van der Waals surface area (Å²) in [5.41, 5.74) is -2.62. The summed E-state index contributed by atoms with van der Waals surface area (Å²) in [6, 6.07) is 6.12. The number of benzene rings is 1. The number of aliphatic hydroxyl groups is 2. The number of carbonyl (C=O) groups excluding carboxylic acids is 2. The molecule has 3 rings (SSSR count). The van der Waals surface area contributed by atoms with Crippen molar-refractivity contribution in [3.05, 3.63) is 47.2 Å². The Morgan fingerprint density at radius 1 is 1.35 bits per heavy atom. The van der Waals surface area contributed by atoms with Gasteiger partial charge in [0.25, 0.3) is 5.79 Å². The maximum absolute atomic E-state index is 12.4. The molecule has 2 unspecified atom stereocenters. The molecule has 2 aliphatic rings. The SMILES string of the molecule is CCOC(=O)C1=COC2(O)c3ccccc3C(=O)C12O. The van der Waals surface area contributed by atoms with Crippen LogP contribution < -0.4 is 0 Å². The molecular formula is C14H12O6. The molecule has 0 aromatic heterocycles. The van der Waals surface area contributed by atoms with Crippen LogP contribution >= 0.6 is 0 Å². The van der Waals surface area contributed by atoms with Crippen LogP contribution in [0.5, 0.6) is 0 Å². The minimum Gasteiger partial charge on any atom is -0.462 e. The minimum absolute atomic E-state index is 0.0752. The summed E-state index contributed by atoms with van der Waals surface area (Å²) < 4.78 is 9.85. The van der Waals surface area contributed by atoms with Crippen LogP contribution in [0.4, 0.5) is 0 Å². The first-order valence-electron chi connectivity index (χ1n) is 6.11. The Bertz CT molecular complexity index is 649. The molecule has 0 amide bonds. The lowest BCUT2D eigenvalue weighted by molar-refractivity contribution is -0.230. The largest absolute Gasteiger partial charge is 0.462 e. The second-order valence-corrected chi connectivity index (χ2v) is 4.60. The molecule has 104 valence electrons. The first-order chi connectivity index (χ1) is 9.46. The first-order valence-corrected chi connectivity index (χ1v) is 6.11. The van der Waals surface area contributed by atoms with Crippen molar-refractivity contribution in [2.24, 2.45) is 0 Å². The second-order valence-electron chi connectivity index (χ2n) is 4.60. The van der Waals surface area contributed by atoms with E-state index in [0.717, 1.165) is 6.26 Å². The monoisotopic (exact) mass is 276 g/mol. The van der Waals surface area contributed by atoms with Crippen LogP contribution in [0.1, 0.15) is 22.8 Å². The molecule has 2 atom stereocenters. The van der Waals surface area contributed by atoms with Crippen LogP contribution in [-0.2, 0) is 20.1 Å². The molecule has 0 spiro atoms. The highest BCUT2D eigenvalue weighted by molar-refractivity contribution is 6.15. The number of hydrogen-bond acceptors (Lipinski definition) is 6. The Balaban J connectivity index is 2.15. The van der Waals surface area contributed by atoms with Gasteiger partial charge in [-0.05, 0) is 6.92 Å². The molecule has 6 nitrogen and oxygen atoms in total.